The van der Waals surface area contributed by atoms with Gasteiger partial charge in [0.05, 0.1) is 31.6 Å². The Morgan fingerprint density at radius 3 is 2.54 bits per heavy atom. The van der Waals surface area contributed by atoms with E-state index >= 15 is 0 Å². The summed E-state index contributed by atoms with van der Waals surface area (Å²) in [5, 5.41) is 0. The molecule has 134 valence electrons. The Morgan fingerprint density at radius 1 is 1.25 bits per heavy atom. The van der Waals surface area contributed by atoms with Crippen molar-refractivity contribution < 1.29 is 22.7 Å². The van der Waals surface area contributed by atoms with Crippen LogP contribution in [0.25, 0.3) is 0 Å². The molecule has 0 radical (unpaired) electrons. The Labute approximate surface area is 143 Å². The topological polar surface area (TPSA) is 84.9 Å². The van der Waals surface area contributed by atoms with Crippen LogP contribution >= 0.6 is 0 Å². The number of esters is 1. The highest BCUT2D eigenvalue weighted by molar-refractivity contribution is 7.88. The molecule has 1 aliphatic heterocycles. The Bertz CT molecular complexity index is 624. The number of methoxy groups -OCH3 is 1. The molecule has 24 heavy (non-hydrogen) atoms. The first-order chi connectivity index (χ1) is 11.5. The lowest BCUT2D eigenvalue weighted by Crippen LogP contribution is -2.38. The predicted octanol–water partition coefficient (Wildman–Crippen LogP) is 0.615. The van der Waals surface area contributed by atoms with Crippen molar-refractivity contribution in [3.8, 4) is 0 Å². The van der Waals surface area contributed by atoms with Crippen molar-refractivity contribution in [3.63, 3.8) is 0 Å². The fraction of sp³-hybridized carbons (Fsp3) is 0.562. The Balaban J connectivity index is 1.75. The normalized spacial score (nSPS) is 16.0. The van der Waals surface area contributed by atoms with Gasteiger partial charge in [-0.3, -0.25) is 4.90 Å². The summed E-state index contributed by atoms with van der Waals surface area (Å²) in [6.07, 6.45) is 0.764. The van der Waals surface area contributed by atoms with Crippen LogP contribution in [0.3, 0.4) is 0 Å². The van der Waals surface area contributed by atoms with Gasteiger partial charge in [-0.15, -0.1) is 0 Å². The average Bonchev–Trinajstić information content (AvgIpc) is 2.59. The third kappa shape index (κ3) is 6.20. The smallest absolute Gasteiger partial charge is 0.337 e. The molecule has 1 saturated heterocycles. The SMILES string of the molecule is COC(=O)c1ccc(CS(=O)(=O)NCCCN2CCOCC2)cc1. The summed E-state index contributed by atoms with van der Waals surface area (Å²) in [5.41, 5.74) is 1.03. The van der Waals surface area contributed by atoms with Gasteiger partial charge in [0.2, 0.25) is 10.0 Å². The third-order valence-electron chi connectivity index (χ3n) is 3.81. The number of hydrogen-bond acceptors (Lipinski definition) is 6. The molecule has 1 aromatic carbocycles. The van der Waals surface area contributed by atoms with Crippen LogP contribution in [0, 0.1) is 0 Å². The quantitative estimate of drug-likeness (QED) is 0.543. The number of benzene rings is 1. The largest absolute Gasteiger partial charge is 0.465 e. The zero-order chi connectivity index (χ0) is 17.4. The second-order valence-electron chi connectivity index (χ2n) is 5.65. The molecule has 7 nitrogen and oxygen atoms in total. The van der Waals surface area contributed by atoms with E-state index in [0.717, 1.165) is 39.3 Å². The van der Waals surface area contributed by atoms with E-state index in [2.05, 4.69) is 14.4 Å². The van der Waals surface area contributed by atoms with Crippen LogP contribution in [-0.2, 0) is 25.2 Å². The molecule has 0 unspecified atom stereocenters. The van der Waals surface area contributed by atoms with E-state index in [1.54, 1.807) is 24.3 Å². The molecule has 0 aliphatic carbocycles. The highest BCUT2D eigenvalue weighted by Gasteiger charge is 2.13. The molecule has 0 saturated carbocycles. The zero-order valence-corrected chi connectivity index (χ0v) is 14.7. The van der Waals surface area contributed by atoms with E-state index in [9.17, 15) is 13.2 Å². The van der Waals surface area contributed by atoms with E-state index in [-0.39, 0.29) is 5.75 Å². The monoisotopic (exact) mass is 356 g/mol. The molecule has 0 bridgehead atoms. The molecule has 2 rings (SSSR count). The summed E-state index contributed by atoms with van der Waals surface area (Å²) >= 11 is 0. The second-order valence-corrected chi connectivity index (χ2v) is 7.46. The first-order valence-electron chi connectivity index (χ1n) is 7.95. The van der Waals surface area contributed by atoms with Crippen LogP contribution in [0.2, 0.25) is 0 Å². The van der Waals surface area contributed by atoms with Gasteiger partial charge >= 0.3 is 5.97 Å². The van der Waals surface area contributed by atoms with Crippen molar-refractivity contribution in [1.29, 1.82) is 0 Å². The lowest BCUT2D eigenvalue weighted by Gasteiger charge is -2.26. The fourth-order valence-electron chi connectivity index (χ4n) is 2.48. The van der Waals surface area contributed by atoms with Crippen LogP contribution in [0.4, 0.5) is 0 Å². The number of morpholine rings is 1. The second kappa shape index (κ2) is 9.12. The van der Waals surface area contributed by atoms with Gasteiger partial charge in [0.15, 0.2) is 0 Å². The van der Waals surface area contributed by atoms with Gasteiger partial charge in [-0.25, -0.2) is 17.9 Å². The minimum atomic E-state index is -3.39. The van der Waals surface area contributed by atoms with E-state index in [0.29, 0.717) is 17.7 Å². The number of ether oxygens (including phenoxy) is 2. The molecule has 0 spiro atoms. The molecule has 1 aromatic rings. The highest BCUT2D eigenvalue weighted by atomic mass is 32.2. The first kappa shape index (κ1) is 18.9. The number of sulfonamides is 1. The van der Waals surface area contributed by atoms with Crippen LogP contribution in [0.15, 0.2) is 24.3 Å². The number of nitrogens with one attached hydrogen (secondary N) is 1. The Morgan fingerprint density at radius 2 is 1.92 bits per heavy atom. The maximum Gasteiger partial charge on any atom is 0.337 e. The number of nitrogens with zero attached hydrogens (tertiary/aromatic N) is 1. The molecule has 0 aromatic heterocycles. The Kier molecular flexibility index (Phi) is 7.16. The van der Waals surface area contributed by atoms with Crippen molar-refractivity contribution in [2.45, 2.75) is 12.2 Å². The van der Waals surface area contributed by atoms with Gasteiger partial charge in [-0.05, 0) is 30.7 Å². The summed E-state index contributed by atoms with van der Waals surface area (Å²) in [5.74, 6) is -0.544. The minimum Gasteiger partial charge on any atom is -0.465 e. The summed E-state index contributed by atoms with van der Waals surface area (Å²) in [6, 6.07) is 6.38. The minimum absolute atomic E-state index is 0.105. The third-order valence-corrected chi connectivity index (χ3v) is 5.17. The van der Waals surface area contributed by atoms with Crippen LogP contribution < -0.4 is 4.72 Å². The molecular formula is C16H24N2O5S. The number of carbonyl (C=O) groups excluding carboxylic acids is 1. The maximum atomic E-state index is 12.1. The molecule has 1 N–H and O–H groups in total. The molecule has 0 atom stereocenters. The standard InChI is InChI=1S/C16H24N2O5S/c1-22-16(19)15-5-3-14(4-6-15)13-24(20,21)17-7-2-8-18-9-11-23-12-10-18/h3-6,17H,2,7-13H2,1H3. The average molecular weight is 356 g/mol. The fourth-order valence-corrected chi connectivity index (χ4v) is 3.67. The van der Waals surface area contributed by atoms with E-state index < -0.39 is 16.0 Å². The van der Waals surface area contributed by atoms with Crippen LogP contribution in [-0.4, -0.2) is 65.8 Å². The summed E-state index contributed by atoms with van der Waals surface area (Å²) in [4.78, 5) is 13.6. The maximum absolute atomic E-state index is 12.1. The van der Waals surface area contributed by atoms with Crippen LogP contribution in [0.5, 0.6) is 0 Å². The van der Waals surface area contributed by atoms with E-state index in [1.165, 1.54) is 7.11 Å². The van der Waals surface area contributed by atoms with Gasteiger partial charge < -0.3 is 9.47 Å². The van der Waals surface area contributed by atoms with Gasteiger partial charge in [-0.1, -0.05) is 12.1 Å². The number of carbonyl (C=O) groups is 1. The van der Waals surface area contributed by atoms with Crippen molar-refractivity contribution in [3.05, 3.63) is 35.4 Å². The first-order valence-corrected chi connectivity index (χ1v) is 9.60. The number of hydrogen-bond donors (Lipinski definition) is 1. The molecule has 0 amide bonds. The Hall–Kier alpha value is -1.48. The van der Waals surface area contributed by atoms with Gasteiger partial charge in [0, 0.05) is 19.6 Å². The lowest BCUT2D eigenvalue weighted by atomic mass is 10.1. The lowest BCUT2D eigenvalue weighted by molar-refractivity contribution is 0.0376. The molecule has 8 heteroatoms. The van der Waals surface area contributed by atoms with Gasteiger partial charge in [-0.2, -0.15) is 0 Å². The van der Waals surface area contributed by atoms with Crippen molar-refractivity contribution >= 4 is 16.0 Å². The molecule has 1 heterocycles. The van der Waals surface area contributed by atoms with Gasteiger partial charge in [0.1, 0.15) is 0 Å². The van der Waals surface area contributed by atoms with E-state index in [4.69, 9.17) is 4.74 Å². The highest BCUT2D eigenvalue weighted by Crippen LogP contribution is 2.09. The van der Waals surface area contributed by atoms with E-state index in [1.807, 2.05) is 0 Å². The zero-order valence-electron chi connectivity index (χ0n) is 13.9. The van der Waals surface area contributed by atoms with Gasteiger partial charge in [0.25, 0.3) is 0 Å². The summed E-state index contributed by atoms with van der Waals surface area (Å²) in [7, 11) is -2.08. The van der Waals surface area contributed by atoms with Crippen molar-refractivity contribution in [1.82, 2.24) is 9.62 Å². The van der Waals surface area contributed by atoms with Crippen LogP contribution in [0.1, 0.15) is 22.3 Å². The molecule has 1 aliphatic rings. The molecule has 1 fully saturated rings. The summed E-state index contributed by atoms with van der Waals surface area (Å²) in [6.45, 7) is 4.57. The molecular weight excluding hydrogens is 332 g/mol. The van der Waals surface area contributed by atoms with Crippen molar-refractivity contribution in [2.24, 2.45) is 0 Å². The number of rotatable bonds is 8. The summed E-state index contributed by atoms with van der Waals surface area (Å²) < 4.78 is 36.7. The predicted molar refractivity (Wildman–Crippen MR) is 90.3 cm³/mol. The van der Waals surface area contributed by atoms with Crippen molar-refractivity contribution in [2.75, 3.05) is 46.5 Å².